The topological polar surface area (TPSA) is 67.5 Å². The number of aliphatic hydroxyl groups is 1. The molecule has 1 N–H and O–H groups in total. The van der Waals surface area contributed by atoms with Crippen LogP contribution in [-0.2, 0) is 20.6 Å². The number of aliphatic hydroxyl groups excluding tert-OH is 1. The van der Waals surface area contributed by atoms with Gasteiger partial charge in [0.2, 0.25) is 0 Å². The van der Waals surface area contributed by atoms with Crippen molar-refractivity contribution in [3.63, 3.8) is 0 Å². The van der Waals surface area contributed by atoms with Crippen LogP contribution in [0.5, 0.6) is 0 Å². The van der Waals surface area contributed by atoms with Crippen LogP contribution in [0.4, 0.5) is 4.39 Å². The van der Waals surface area contributed by atoms with Crippen molar-refractivity contribution < 1.29 is 9.50 Å². The second-order valence-electron chi connectivity index (χ2n) is 6.26. The molecule has 0 bridgehead atoms. The molecule has 2 unspecified atom stereocenters. The van der Waals surface area contributed by atoms with E-state index < -0.39 is 6.10 Å². The minimum atomic E-state index is -0.526. The van der Waals surface area contributed by atoms with Gasteiger partial charge in [0.25, 0.3) is 5.56 Å². The Kier molecular flexibility index (Phi) is 4.38. The van der Waals surface area contributed by atoms with Crippen LogP contribution in [-0.4, -0.2) is 31.8 Å². The molecule has 6 nitrogen and oxygen atoms in total. The van der Waals surface area contributed by atoms with Gasteiger partial charge in [-0.1, -0.05) is 12.1 Å². The lowest BCUT2D eigenvalue weighted by Gasteiger charge is -2.25. The van der Waals surface area contributed by atoms with E-state index in [1.54, 1.807) is 13.1 Å². The van der Waals surface area contributed by atoms with Crippen LogP contribution < -0.4 is 11.2 Å². The number of aromatic nitrogens is 2. The highest BCUT2D eigenvalue weighted by molar-refractivity contribution is 5.22. The predicted octanol–water partition coefficient (Wildman–Crippen LogP) is 0.531. The van der Waals surface area contributed by atoms with Crippen molar-refractivity contribution in [2.24, 2.45) is 14.1 Å². The maximum absolute atomic E-state index is 13.5. The number of hydrogen-bond donors (Lipinski definition) is 1. The lowest BCUT2D eigenvalue weighted by Crippen LogP contribution is -2.39. The molecule has 2 atom stereocenters. The molecule has 0 aliphatic carbocycles. The summed E-state index contributed by atoms with van der Waals surface area (Å²) in [5.74, 6) is -0.324. The Balaban J connectivity index is 1.94. The number of hydrogen-bond acceptors (Lipinski definition) is 4. The first kappa shape index (κ1) is 16.6. The molecular weight excluding hydrogens is 313 g/mol. The van der Waals surface area contributed by atoms with E-state index in [9.17, 15) is 19.1 Å². The zero-order valence-corrected chi connectivity index (χ0v) is 13.6. The molecule has 2 heterocycles. The SMILES string of the molecule is Cn1c(CN2CC(O)CC2c2cccc(F)c2)cc(=O)n(C)c1=O. The van der Waals surface area contributed by atoms with Gasteiger partial charge >= 0.3 is 5.69 Å². The van der Waals surface area contributed by atoms with E-state index in [1.807, 2.05) is 11.0 Å². The van der Waals surface area contributed by atoms with Gasteiger partial charge in [0.15, 0.2) is 0 Å². The second kappa shape index (κ2) is 6.33. The van der Waals surface area contributed by atoms with Crippen LogP contribution in [0.25, 0.3) is 0 Å². The number of nitrogens with zero attached hydrogens (tertiary/aromatic N) is 3. The van der Waals surface area contributed by atoms with E-state index in [0.29, 0.717) is 25.2 Å². The third-order valence-corrected chi connectivity index (χ3v) is 4.61. The van der Waals surface area contributed by atoms with E-state index >= 15 is 0 Å². The maximum Gasteiger partial charge on any atom is 0.330 e. The molecule has 1 fully saturated rings. The Morgan fingerprint density at radius 3 is 2.67 bits per heavy atom. The quantitative estimate of drug-likeness (QED) is 0.890. The first-order valence-electron chi connectivity index (χ1n) is 7.80. The first-order valence-corrected chi connectivity index (χ1v) is 7.80. The number of benzene rings is 1. The summed E-state index contributed by atoms with van der Waals surface area (Å²) in [6, 6.07) is 7.57. The monoisotopic (exact) mass is 333 g/mol. The standard InChI is InChI=1S/C17H20FN3O3/c1-19-13(7-16(23)20(2)17(19)24)9-21-10-14(22)8-15(21)11-4-3-5-12(18)6-11/h3-7,14-15,22H,8-10H2,1-2H3. The molecule has 0 amide bonds. The molecule has 0 radical (unpaired) electrons. The first-order chi connectivity index (χ1) is 11.4. The summed E-state index contributed by atoms with van der Waals surface area (Å²) in [5, 5.41) is 10.0. The Morgan fingerprint density at radius 1 is 1.21 bits per heavy atom. The van der Waals surface area contributed by atoms with E-state index in [2.05, 4.69) is 0 Å². The van der Waals surface area contributed by atoms with Gasteiger partial charge in [-0.3, -0.25) is 18.8 Å². The average Bonchev–Trinajstić information content (AvgIpc) is 2.91. The van der Waals surface area contributed by atoms with Gasteiger partial charge in [0.1, 0.15) is 5.82 Å². The summed E-state index contributed by atoms with van der Waals surface area (Å²) in [4.78, 5) is 25.9. The zero-order valence-electron chi connectivity index (χ0n) is 13.6. The van der Waals surface area contributed by atoms with Crippen molar-refractivity contribution in [2.45, 2.75) is 25.1 Å². The fraction of sp³-hybridized carbons (Fsp3) is 0.412. The normalized spacial score (nSPS) is 21.3. The highest BCUT2D eigenvalue weighted by atomic mass is 19.1. The van der Waals surface area contributed by atoms with Crippen molar-refractivity contribution in [3.8, 4) is 0 Å². The van der Waals surface area contributed by atoms with Crippen LogP contribution in [0.1, 0.15) is 23.7 Å². The van der Waals surface area contributed by atoms with E-state index in [4.69, 9.17) is 0 Å². The van der Waals surface area contributed by atoms with Gasteiger partial charge in [0, 0.05) is 45.0 Å². The highest BCUT2D eigenvalue weighted by Gasteiger charge is 2.32. The fourth-order valence-corrected chi connectivity index (χ4v) is 3.25. The molecule has 2 aromatic rings. The number of β-amino-alcohol motifs (C(OH)–C–C–N with tert-alkyl or cyclic N) is 1. The lowest BCUT2D eigenvalue weighted by molar-refractivity contribution is 0.171. The number of likely N-dealkylation sites (tertiary alicyclic amines) is 1. The molecule has 128 valence electrons. The van der Waals surface area contributed by atoms with Gasteiger partial charge in [0.05, 0.1) is 6.10 Å². The Morgan fingerprint density at radius 2 is 1.96 bits per heavy atom. The molecule has 1 aliphatic rings. The van der Waals surface area contributed by atoms with Gasteiger partial charge in [-0.2, -0.15) is 0 Å². The molecule has 24 heavy (non-hydrogen) atoms. The van der Waals surface area contributed by atoms with Crippen LogP contribution in [0.3, 0.4) is 0 Å². The molecule has 1 aliphatic heterocycles. The number of halogens is 1. The summed E-state index contributed by atoms with van der Waals surface area (Å²) in [7, 11) is 3.05. The van der Waals surface area contributed by atoms with Crippen molar-refractivity contribution >= 4 is 0 Å². The molecule has 0 spiro atoms. The third kappa shape index (κ3) is 3.05. The summed E-state index contributed by atoms with van der Waals surface area (Å²) < 4.78 is 16.0. The second-order valence-corrected chi connectivity index (χ2v) is 6.26. The summed E-state index contributed by atoms with van der Waals surface area (Å²) in [6.45, 7) is 0.741. The van der Waals surface area contributed by atoms with Crippen molar-refractivity contribution in [1.29, 1.82) is 0 Å². The molecular formula is C17H20FN3O3. The van der Waals surface area contributed by atoms with Crippen LogP contribution in [0, 0.1) is 5.82 Å². The maximum atomic E-state index is 13.5. The molecule has 1 aromatic heterocycles. The minimum absolute atomic E-state index is 0.158. The predicted molar refractivity (Wildman–Crippen MR) is 87.1 cm³/mol. The van der Waals surface area contributed by atoms with E-state index in [1.165, 1.54) is 29.8 Å². The Hall–Kier alpha value is -2.25. The molecule has 3 rings (SSSR count). The fourth-order valence-electron chi connectivity index (χ4n) is 3.25. The van der Waals surface area contributed by atoms with Crippen LogP contribution >= 0.6 is 0 Å². The Labute approximate surface area is 138 Å². The van der Waals surface area contributed by atoms with Gasteiger partial charge in [-0.15, -0.1) is 0 Å². The van der Waals surface area contributed by atoms with Crippen molar-refractivity contribution in [2.75, 3.05) is 6.54 Å². The van der Waals surface area contributed by atoms with Crippen LogP contribution in [0.15, 0.2) is 39.9 Å². The van der Waals surface area contributed by atoms with Gasteiger partial charge < -0.3 is 5.11 Å². The Bertz CT molecular complexity index is 874. The van der Waals surface area contributed by atoms with Gasteiger partial charge in [-0.25, -0.2) is 9.18 Å². The third-order valence-electron chi connectivity index (χ3n) is 4.61. The van der Waals surface area contributed by atoms with E-state index in [0.717, 1.165) is 10.1 Å². The van der Waals surface area contributed by atoms with Crippen LogP contribution in [0.2, 0.25) is 0 Å². The average molecular weight is 333 g/mol. The molecule has 7 heteroatoms. The largest absolute Gasteiger partial charge is 0.392 e. The smallest absolute Gasteiger partial charge is 0.330 e. The number of rotatable bonds is 3. The van der Waals surface area contributed by atoms with E-state index in [-0.39, 0.29) is 23.1 Å². The lowest BCUT2D eigenvalue weighted by atomic mass is 10.0. The van der Waals surface area contributed by atoms with Crippen molar-refractivity contribution in [3.05, 3.63) is 68.2 Å². The van der Waals surface area contributed by atoms with Gasteiger partial charge in [-0.05, 0) is 24.1 Å². The molecule has 1 aromatic carbocycles. The summed E-state index contributed by atoms with van der Waals surface area (Å²) in [5.41, 5.74) is 0.591. The summed E-state index contributed by atoms with van der Waals surface area (Å²) in [6.07, 6.45) is -0.0377. The molecule has 1 saturated heterocycles. The van der Waals surface area contributed by atoms with Crippen molar-refractivity contribution in [1.82, 2.24) is 14.0 Å². The molecule has 0 saturated carbocycles. The highest BCUT2D eigenvalue weighted by Crippen LogP contribution is 2.33. The summed E-state index contributed by atoms with van der Waals surface area (Å²) >= 11 is 0. The minimum Gasteiger partial charge on any atom is -0.392 e. The zero-order chi connectivity index (χ0) is 17.4.